The lowest BCUT2D eigenvalue weighted by Gasteiger charge is -2.25. The Morgan fingerprint density at radius 2 is 2.05 bits per heavy atom. The van der Waals surface area contributed by atoms with Crippen molar-refractivity contribution in [3.8, 4) is 17.0 Å². The number of esters is 1. The predicted octanol–water partition coefficient (Wildman–Crippen LogP) is 3.01. The molecule has 3 heterocycles. The number of nitrogens with zero attached hydrogens (tertiary/aromatic N) is 3. The first kappa shape index (κ1) is 30.8. The molecule has 13 nitrogen and oxygen atoms in total. The molecule has 0 aliphatic carbocycles. The van der Waals surface area contributed by atoms with Crippen LogP contribution in [0, 0.1) is 17.2 Å². The topological polar surface area (TPSA) is 181 Å². The van der Waals surface area contributed by atoms with Crippen LogP contribution in [0.15, 0.2) is 41.5 Å². The van der Waals surface area contributed by atoms with E-state index in [1.54, 1.807) is 44.2 Å². The fourth-order valence-corrected chi connectivity index (χ4v) is 6.60. The Bertz CT molecular complexity index is 1570. The van der Waals surface area contributed by atoms with Crippen molar-refractivity contribution in [2.45, 2.75) is 50.2 Å². The Hall–Kier alpha value is -3.11. The molecule has 0 spiro atoms. The molecule has 0 amide bonds. The van der Waals surface area contributed by atoms with Crippen LogP contribution in [0.2, 0.25) is 0 Å². The van der Waals surface area contributed by atoms with Gasteiger partial charge in [0.05, 0.1) is 31.1 Å². The lowest BCUT2D eigenvalue weighted by Crippen LogP contribution is -2.41. The van der Waals surface area contributed by atoms with Gasteiger partial charge in [-0.2, -0.15) is 4.98 Å². The van der Waals surface area contributed by atoms with Gasteiger partial charge in [-0.25, -0.2) is 9.55 Å². The van der Waals surface area contributed by atoms with Gasteiger partial charge in [0.1, 0.15) is 18.0 Å². The summed E-state index contributed by atoms with van der Waals surface area (Å²) in [7, 11) is -4.05. The number of rotatable bonds is 10. The summed E-state index contributed by atoms with van der Waals surface area (Å²) in [4.78, 5) is 33.4. The van der Waals surface area contributed by atoms with Gasteiger partial charge in [0.15, 0.2) is 22.3 Å². The molecule has 0 saturated carbocycles. The zero-order valence-electron chi connectivity index (χ0n) is 22.2. The molecule has 220 valence electrons. The summed E-state index contributed by atoms with van der Waals surface area (Å²) < 4.78 is 38.0. The van der Waals surface area contributed by atoms with E-state index in [4.69, 9.17) is 47.5 Å². The molecule has 6 atom stereocenters. The highest BCUT2D eigenvalue weighted by atomic mass is 35.5. The van der Waals surface area contributed by atoms with Crippen LogP contribution in [0.5, 0.6) is 5.75 Å². The van der Waals surface area contributed by atoms with E-state index in [-0.39, 0.29) is 35.1 Å². The zero-order valence-corrected chi connectivity index (χ0v) is 24.6. The second-order valence-corrected chi connectivity index (χ2v) is 12.5. The van der Waals surface area contributed by atoms with Crippen molar-refractivity contribution >= 4 is 53.9 Å². The normalized spacial score (nSPS) is 24.4. The van der Waals surface area contributed by atoms with Crippen molar-refractivity contribution in [1.82, 2.24) is 19.5 Å². The van der Waals surface area contributed by atoms with Crippen molar-refractivity contribution in [3.05, 3.63) is 47.0 Å². The van der Waals surface area contributed by atoms with Crippen LogP contribution in [-0.4, -0.2) is 66.5 Å². The highest BCUT2D eigenvalue weighted by Gasteiger charge is 2.57. The molecule has 0 bridgehead atoms. The largest absolute Gasteiger partial charge is 0.463 e. The average Bonchev–Trinajstić information content (AvgIpc) is 3.42. The number of carbonyl (C=O) groups excluding carboxylic acids is 1. The monoisotopic (exact) mass is 627 g/mol. The number of fused-ring (bicyclic) bond motifs is 1. The molecule has 41 heavy (non-hydrogen) atoms. The maximum atomic E-state index is 13.9. The number of H-pyrrole nitrogens is 1. The van der Waals surface area contributed by atoms with Gasteiger partial charge in [-0.3, -0.25) is 23.7 Å². The minimum Gasteiger partial charge on any atom is -0.463 e. The zero-order chi connectivity index (χ0) is 29.9. The third-order valence-electron chi connectivity index (χ3n) is 6.06. The molecule has 1 saturated heterocycles. The first-order chi connectivity index (χ1) is 19.4. The lowest BCUT2D eigenvalue weighted by molar-refractivity contribution is -0.151. The Morgan fingerprint density at radius 1 is 1.34 bits per heavy atom. The number of ether oxygens (including phenoxy) is 2. The molecule has 1 aliphatic heterocycles. The van der Waals surface area contributed by atoms with E-state index in [0.717, 1.165) is 0 Å². The summed E-state index contributed by atoms with van der Waals surface area (Å²) in [6, 6.07) is 8.26. The predicted molar refractivity (Wildman–Crippen MR) is 151 cm³/mol. The number of aliphatic hydroxyl groups is 1. The molecular weight excluding hydrogens is 600 g/mol. The molecule has 1 fully saturated rings. The third-order valence-corrected chi connectivity index (χ3v) is 8.69. The second-order valence-electron chi connectivity index (χ2n) is 9.61. The summed E-state index contributed by atoms with van der Waals surface area (Å²) in [6.45, 7) is 4.44. The summed E-state index contributed by atoms with van der Waals surface area (Å²) in [6.07, 6.45) is -3.54. The van der Waals surface area contributed by atoms with Gasteiger partial charge in [-0.15, -0.1) is 0 Å². The molecule has 16 heteroatoms. The minimum atomic E-state index is -4.05. The van der Waals surface area contributed by atoms with Gasteiger partial charge < -0.3 is 24.8 Å². The second kappa shape index (κ2) is 12.4. The van der Waals surface area contributed by atoms with E-state index in [1.807, 2.05) is 0 Å². The number of carbonyl (C=O) groups is 1. The number of benzene rings is 1. The number of imidazole rings is 1. The maximum absolute atomic E-state index is 13.9. The standard InChI is InChI=1S/C25H28Cl2N5O8P/c1-14(2)38-22(35)15(3)12-41(36,40-16-7-5-4-6-8-16)37-11-17-19(33)25(27,9-10-26)23(39-17)32-13-29-18-20(32)30-24(28)31-21(18)34/h4-8,13-15,17,19,23,33H,11-12H2,1-3H3,(H3,28,30,31,34)/t15-,17-,19+,23-,25?,41+/m1/s1. The van der Waals surface area contributed by atoms with E-state index < -0.39 is 55.0 Å². The molecule has 3 aromatic rings. The number of anilines is 1. The Kier molecular flexibility index (Phi) is 9.33. The van der Waals surface area contributed by atoms with Crippen LogP contribution >= 0.6 is 30.8 Å². The van der Waals surface area contributed by atoms with Crippen molar-refractivity contribution in [1.29, 1.82) is 0 Å². The van der Waals surface area contributed by atoms with E-state index in [1.165, 1.54) is 17.8 Å². The summed E-state index contributed by atoms with van der Waals surface area (Å²) >= 11 is 12.4. The van der Waals surface area contributed by atoms with Crippen molar-refractivity contribution in [2.24, 2.45) is 5.92 Å². The van der Waals surface area contributed by atoms with Crippen LogP contribution < -0.4 is 15.8 Å². The Morgan fingerprint density at radius 3 is 2.71 bits per heavy atom. The van der Waals surface area contributed by atoms with Crippen LogP contribution in [0.25, 0.3) is 11.2 Å². The molecule has 4 N–H and O–H groups in total. The van der Waals surface area contributed by atoms with E-state index in [2.05, 4.69) is 26.3 Å². The first-order valence-corrected chi connectivity index (χ1v) is 14.9. The van der Waals surface area contributed by atoms with Gasteiger partial charge in [-0.05, 0) is 37.6 Å². The Balaban J connectivity index is 1.62. The summed E-state index contributed by atoms with van der Waals surface area (Å²) in [5.74, 6) is 1.15. The minimum absolute atomic E-state index is 0.0157. The maximum Gasteiger partial charge on any atom is 0.380 e. The number of aromatic amines is 1. The van der Waals surface area contributed by atoms with Crippen LogP contribution in [0.1, 0.15) is 27.0 Å². The number of aliphatic hydroxyl groups excluding tert-OH is 1. The molecule has 0 radical (unpaired) electrons. The number of halogens is 2. The number of hydrogen-bond acceptors (Lipinski definition) is 11. The van der Waals surface area contributed by atoms with Gasteiger partial charge in [0.25, 0.3) is 5.56 Å². The summed E-state index contributed by atoms with van der Waals surface area (Å²) in [5.41, 5.74) is 5.06. The fourth-order valence-electron chi connectivity index (χ4n) is 4.18. The average molecular weight is 628 g/mol. The molecule has 1 unspecified atom stereocenters. The lowest BCUT2D eigenvalue weighted by atomic mass is 9.99. The highest BCUT2D eigenvalue weighted by Crippen LogP contribution is 2.52. The van der Waals surface area contributed by atoms with Crippen LogP contribution in [0.4, 0.5) is 5.95 Å². The molecule has 4 rings (SSSR count). The number of nitrogen functional groups attached to an aromatic ring is 1. The highest BCUT2D eigenvalue weighted by molar-refractivity contribution is 7.54. The van der Waals surface area contributed by atoms with Crippen molar-refractivity contribution < 1.29 is 33.0 Å². The molecule has 2 aromatic heterocycles. The van der Waals surface area contributed by atoms with Crippen LogP contribution in [0.3, 0.4) is 0 Å². The SMILES string of the molecule is CC(C)OC(=O)[C@H](C)C[P@](=O)(OC[C@H]1O[C@@H](n2cnc3c(=O)[nH]c(N)nc32)C(Cl)(C#CCl)[C@H]1O)Oc1ccccc1. The van der Waals surface area contributed by atoms with E-state index in [9.17, 15) is 19.3 Å². The fraction of sp³-hybridized carbons (Fsp3) is 0.440. The summed E-state index contributed by atoms with van der Waals surface area (Å²) in [5, 5.41) is 13.4. The number of alkyl halides is 1. The smallest absolute Gasteiger partial charge is 0.380 e. The third kappa shape index (κ3) is 6.70. The Labute approximate surface area is 244 Å². The number of nitrogens with one attached hydrogen (secondary N) is 1. The number of para-hydroxylation sites is 1. The number of aromatic nitrogens is 4. The number of nitrogens with two attached hydrogens (primary N) is 1. The molecule has 1 aromatic carbocycles. The van der Waals surface area contributed by atoms with Gasteiger partial charge in [-0.1, -0.05) is 42.6 Å². The first-order valence-electron chi connectivity index (χ1n) is 12.4. The van der Waals surface area contributed by atoms with Gasteiger partial charge in [0, 0.05) is 5.38 Å². The van der Waals surface area contributed by atoms with Crippen molar-refractivity contribution in [3.63, 3.8) is 0 Å². The van der Waals surface area contributed by atoms with Crippen molar-refractivity contribution in [2.75, 3.05) is 18.5 Å². The quantitative estimate of drug-likeness (QED) is 0.130. The molecule has 1 aliphatic rings. The van der Waals surface area contributed by atoms with Crippen LogP contribution in [-0.2, 0) is 23.4 Å². The van der Waals surface area contributed by atoms with Gasteiger partial charge in [0.2, 0.25) is 5.95 Å². The van der Waals surface area contributed by atoms with Gasteiger partial charge >= 0.3 is 13.6 Å². The van der Waals surface area contributed by atoms with E-state index in [0.29, 0.717) is 0 Å². The molecular formula is C25H28Cl2N5O8P. The number of hydrogen-bond donors (Lipinski definition) is 3. The van der Waals surface area contributed by atoms with E-state index >= 15 is 0 Å².